The number of carboxylic acids is 1. The number of ether oxygens (including phenoxy) is 1. The van der Waals surface area contributed by atoms with E-state index in [9.17, 15) is 19.5 Å². The van der Waals surface area contributed by atoms with Crippen molar-refractivity contribution >= 4 is 35.2 Å². The van der Waals surface area contributed by atoms with Crippen molar-refractivity contribution in [3.63, 3.8) is 0 Å². The zero-order valence-corrected chi connectivity index (χ0v) is 19.9. The number of aromatic nitrogens is 2. The number of methoxy groups -OCH3 is 1. The van der Waals surface area contributed by atoms with E-state index in [2.05, 4.69) is 16.5 Å². The van der Waals surface area contributed by atoms with Gasteiger partial charge in [-0.15, -0.1) is 0 Å². The van der Waals surface area contributed by atoms with Gasteiger partial charge in [0.15, 0.2) is 0 Å². The van der Waals surface area contributed by atoms with Gasteiger partial charge in [0.2, 0.25) is 0 Å². The average molecular weight is 474 g/mol. The molecule has 1 N–H and O–H groups in total. The van der Waals surface area contributed by atoms with Crippen molar-refractivity contribution < 1.29 is 24.2 Å². The first kappa shape index (κ1) is 23.9. The van der Waals surface area contributed by atoms with E-state index in [1.165, 1.54) is 12.0 Å². The fourth-order valence-electron chi connectivity index (χ4n) is 4.36. The van der Waals surface area contributed by atoms with Crippen LogP contribution in [-0.2, 0) is 27.3 Å². The molecule has 0 atom stereocenters. The van der Waals surface area contributed by atoms with Crippen LogP contribution in [0.5, 0.6) is 0 Å². The smallest absolute Gasteiger partial charge is 0.337 e. The molecule has 1 amide bonds. The summed E-state index contributed by atoms with van der Waals surface area (Å²) in [5.74, 6) is -0.924. The molecule has 0 saturated heterocycles. The predicted molar refractivity (Wildman–Crippen MR) is 132 cm³/mol. The number of amides is 1. The van der Waals surface area contributed by atoms with Crippen molar-refractivity contribution in [2.24, 2.45) is 0 Å². The first-order valence-electron chi connectivity index (χ1n) is 11.4. The quantitative estimate of drug-likeness (QED) is 0.393. The Labute approximate surface area is 203 Å². The van der Waals surface area contributed by atoms with Crippen LogP contribution in [0.3, 0.4) is 0 Å². The van der Waals surface area contributed by atoms with Gasteiger partial charge in [-0.2, -0.15) is 0 Å². The van der Waals surface area contributed by atoms with Crippen LogP contribution in [-0.4, -0.2) is 46.2 Å². The minimum atomic E-state index is -1.07. The lowest BCUT2D eigenvalue weighted by Crippen LogP contribution is -2.32. The van der Waals surface area contributed by atoms with Gasteiger partial charge in [0.25, 0.3) is 5.91 Å². The summed E-state index contributed by atoms with van der Waals surface area (Å²) in [6, 6.07) is 12.7. The molecule has 0 bridgehead atoms. The Bertz CT molecular complexity index is 1320. The molecule has 0 saturated carbocycles. The summed E-state index contributed by atoms with van der Waals surface area (Å²) >= 11 is 0. The molecule has 2 heterocycles. The molecule has 1 aliphatic rings. The summed E-state index contributed by atoms with van der Waals surface area (Å²) in [6.07, 6.45) is 5.20. The predicted octanol–water partition coefficient (Wildman–Crippen LogP) is 3.95. The zero-order chi connectivity index (χ0) is 25.1. The van der Waals surface area contributed by atoms with Crippen LogP contribution in [0.1, 0.15) is 51.9 Å². The number of carboxylic acid groups (broad SMARTS) is 1. The Morgan fingerprint density at radius 1 is 1.14 bits per heavy atom. The van der Waals surface area contributed by atoms with E-state index in [0.29, 0.717) is 23.4 Å². The third kappa shape index (κ3) is 4.73. The first-order valence-corrected chi connectivity index (χ1v) is 11.4. The minimum Gasteiger partial charge on any atom is -0.480 e. The molecule has 8 heteroatoms. The lowest BCUT2D eigenvalue weighted by atomic mass is 10.0. The number of imidazole rings is 1. The molecule has 0 radical (unpaired) electrons. The van der Waals surface area contributed by atoms with E-state index in [1.807, 2.05) is 31.2 Å². The number of hydrogen-bond donors (Lipinski definition) is 1. The van der Waals surface area contributed by atoms with Gasteiger partial charge in [0, 0.05) is 18.5 Å². The molecule has 1 aromatic heterocycles. The van der Waals surface area contributed by atoms with Crippen LogP contribution >= 0.6 is 0 Å². The van der Waals surface area contributed by atoms with Crippen LogP contribution in [0.4, 0.5) is 5.69 Å². The Hall–Kier alpha value is -4.20. The van der Waals surface area contributed by atoms with E-state index in [4.69, 9.17) is 4.74 Å². The van der Waals surface area contributed by atoms with Crippen LogP contribution in [0.25, 0.3) is 11.6 Å². The molecular weight excluding hydrogens is 446 g/mol. The molecule has 4 rings (SSSR count). The normalized spacial score (nSPS) is 13.9. The Balaban J connectivity index is 1.76. The van der Waals surface area contributed by atoms with E-state index < -0.39 is 18.5 Å². The van der Waals surface area contributed by atoms with Crippen molar-refractivity contribution in [3.8, 4) is 0 Å². The van der Waals surface area contributed by atoms with Gasteiger partial charge in [-0.25, -0.2) is 9.78 Å². The number of fused-ring (bicyclic) bond motifs is 1. The van der Waals surface area contributed by atoms with Gasteiger partial charge in [-0.05, 0) is 48.7 Å². The molecular formula is C27H27N3O5. The number of aliphatic carboxylic acids is 1. The number of nitrogens with zero attached hydrogens (tertiary/aromatic N) is 3. The fraction of sp³-hybridized carbons (Fsp3) is 0.259. The van der Waals surface area contributed by atoms with E-state index in [-0.39, 0.29) is 5.91 Å². The maximum Gasteiger partial charge on any atom is 0.337 e. The van der Waals surface area contributed by atoms with Gasteiger partial charge >= 0.3 is 11.9 Å². The largest absolute Gasteiger partial charge is 0.480 e. The van der Waals surface area contributed by atoms with Gasteiger partial charge in [0.05, 0.1) is 35.8 Å². The highest BCUT2D eigenvalue weighted by atomic mass is 16.5. The molecule has 0 spiro atoms. The lowest BCUT2D eigenvalue weighted by Gasteiger charge is -2.14. The van der Waals surface area contributed by atoms with Crippen LogP contribution in [0.15, 0.2) is 48.7 Å². The Morgan fingerprint density at radius 2 is 1.89 bits per heavy atom. The summed E-state index contributed by atoms with van der Waals surface area (Å²) in [6.45, 7) is 4.09. The van der Waals surface area contributed by atoms with Gasteiger partial charge in [-0.3, -0.25) is 14.5 Å². The van der Waals surface area contributed by atoms with Crippen molar-refractivity contribution in [2.75, 3.05) is 18.6 Å². The molecule has 0 fully saturated rings. The summed E-state index contributed by atoms with van der Waals surface area (Å²) < 4.78 is 6.82. The molecule has 1 aliphatic heterocycles. The second kappa shape index (κ2) is 9.97. The second-order valence-corrected chi connectivity index (χ2v) is 8.44. The maximum atomic E-state index is 13.3. The van der Waals surface area contributed by atoms with Gasteiger partial charge < -0.3 is 14.4 Å². The highest BCUT2D eigenvalue weighted by Gasteiger charge is 2.34. The SMILES string of the molecule is CCCc1ncc(C=C2C(=O)N(CC(=O)O)c3cccc(C)c32)n1Cc1ccc(C(=O)OC)cc1. The summed E-state index contributed by atoms with van der Waals surface area (Å²) in [4.78, 5) is 42.4. The third-order valence-electron chi connectivity index (χ3n) is 6.03. The molecule has 0 unspecified atom stereocenters. The number of aryl methyl sites for hydroxylation is 2. The van der Waals surface area contributed by atoms with Crippen molar-refractivity contribution in [2.45, 2.75) is 33.2 Å². The van der Waals surface area contributed by atoms with E-state index in [0.717, 1.165) is 41.1 Å². The molecule has 35 heavy (non-hydrogen) atoms. The fourth-order valence-corrected chi connectivity index (χ4v) is 4.36. The number of hydrogen-bond acceptors (Lipinski definition) is 5. The number of esters is 1. The monoisotopic (exact) mass is 473 g/mol. The van der Waals surface area contributed by atoms with Crippen molar-refractivity contribution in [1.29, 1.82) is 0 Å². The molecule has 2 aromatic carbocycles. The van der Waals surface area contributed by atoms with Crippen LogP contribution < -0.4 is 4.90 Å². The molecule has 0 aliphatic carbocycles. The number of carbonyl (C=O) groups is 3. The van der Waals surface area contributed by atoms with E-state index >= 15 is 0 Å². The highest BCUT2D eigenvalue weighted by molar-refractivity contribution is 6.36. The summed E-state index contributed by atoms with van der Waals surface area (Å²) in [5.41, 5.74) is 4.88. The minimum absolute atomic E-state index is 0.344. The lowest BCUT2D eigenvalue weighted by molar-refractivity contribution is -0.136. The summed E-state index contributed by atoms with van der Waals surface area (Å²) in [7, 11) is 1.35. The topological polar surface area (TPSA) is 102 Å². The number of rotatable bonds is 8. The van der Waals surface area contributed by atoms with Crippen LogP contribution in [0, 0.1) is 6.92 Å². The third-order valence-corrected chi connectivity index (χ3v) is 6.03. The summed E-state index contributed by atoms with van der Waals surface area (Å²) in [5, 5.41) is 9.35. The average Bonchev–Trinajstić information content (AvgIpc) is 3.33. The van der Waals surface area contributed by atoms with Gasteiger partial charge in [0.1, 0.15) is 12.4 Å². The van der Waals surface area contributed by atoms with Crippen molar-refractivity contribution in [1.82, 2.24) is 9.55 Å². The molecule has 180 valence electrons. The Morgan fingerprint density at radius 3 is 2.54 bits per heavy atom. The highest BCUT2D eigenvalue weighted by Crippen LogP contribution is 2.39. The number of anilines is 1. The van der Waals surface area contributed by atoms with Crippen molar-refractivity contribution in [3.05, 3.63) is 82.4 Å². The zero-order valence-electron chi connectivity index (χ0n) is 19.9. The second-order valence-electron chi connectivity index (χ2n) is 8.44. The van der Waals surface area contributed by atoms with E-state index in [1.54, 1.807) is 30.5 Å². The standard InChI is InChI=1S/C27H27N3O5/c1-4-6-23-28-14-20(29(23)15-18-9-11-19(12-10-18)27(34)35-3)13-21-25-17(2)7-5-8-22(25)30(26(21)33)16-24(31)32/h5,7-14H,4,6,15-16H2,1-3H3,(H,31,32). The maximum absolute atomic E-state index is 13.3. The first-order chi connectivity index (χ1) is 16.8. The number of carbonyl (C=O) groups excluding carboxylic acids is 2. The van der Waals surface area contributed by atoms with Crippen LogP contribution in [0.2, 0.25) is 0 Å². The molecule has 3 aromatic rings. The van der Waals surface area contributed by atoms with Gasteiger partial charge in [-0.1, -0.05) is 31.2 Å². The molecule has 8 nitrogen and oxygen atoms in total. The number of benzene rings is 2. The Kier molecular flexibility index (Phi) is 6.82.